The van der Waals surface area contributed by atoms with Crippen LogP contribution in [0.25, 0.3) is 0 Å². The van der Waals surface area contributed by atoms with E-state index in [1.807, 2.05) is 0 Å². The Kier molecular flexibility index (Phi) is 5.74. The Hall–Kier alpha value is -1.77. The van der Waals surface area contributed by atoms with Gasteiger partial charge in [0.05, 0.1) is 0 Å². The molecule has 4 nitrogen and oxygen atoms in total. The number of rotatable bonds is 6. The van der Waals surface area contributed by atoms with Crippen molar-refractivity contribution in [3.63, 3.8) is 0 Å². The Morgan fingerprint density at radius 2 is 1.67 bits per heavy atom. The molecule has 0 aliphatic heterocycles. The van der Waals surface area contributed by atoms with E-state index in [-0.39, 0.29) is 13.2 Å². The fourth-order valence-corrected chi connectivity index (χ4v) is 3.15. The highest BCUT2D eigenvalue weighted by atomic mass is 35.5. The van der Waals surface area contributed by atoms with Crippen molar-refractivity contribution in [1.82, 2.24) is 4.31 Å². The van der Waals surface area contributed by atoms with Crippen LogP contribution in [0, 0.1) is 17.5 Å². The van der Waals surface area contributed by atoms with Crippen LogP contribution in [0.1, 0.15) is 0 Å². The lowest BCUT2D eigenvalue weighted by Gasteiger charge is -2.18. The zero-order chi connectivity index (χ0) is 17.9. The largest absolute Gasteiger partial charge is 0.492 e. The van der Waals surface area contributed by atoms with E-state index in [1.54, 1.807) is 24.3 Å². The van der Waals surface area contributed by atoms with Gasteiger partial charge in [0.15, 0.2) is 17.5 Å². The van der Waals surface area contributed by atoms with Gasteiger partial charge in [0.1, 0.15) is 17.3 Å². The number of sulfonamides is 1. The number of ether oxygens (including phenoxy) is 1. The van der Waals surface area contributed by atoms with Crippen LogP contribution < -0.4 is 4.74 Å². The lowest BCUT2D eigenvalue weighted by Crippen LogP contribution is -2.31. The molecule has 130 valence electrons. The minimum Gasteiger partial charge on any atom is -0.492 e. The van der Waals surface area contributed by atoms with Crippen molar-refractivity contribution in [3.8, 4) is 5.75 Å². The molecule has 0 saturated heterocycles. The standard InChI is InChI=1S/C15H13ClF3NO3S/c1-20(8-9-23-11-4-2-10(16)3-5-11)24(21,22)13-7-6-12(17)14(18)15(13)19/h2-7H,8-9H2,1H3. The first-order valence-electron chi connectivity index (χ1n) is 6.71. The summed E-state index contributed by atoms with van der Waals surface area (Å²) in [5.74, 6) is -4.56. The Morgan fingerprint density at radius 1 is 1.04 bits per heavy atom. The van der Waals surface area contributed by atoms with E-state index in [0.717, 1.165) is 4.31 Å². The molecular formula is C15H13ClF3NO3S. The lowest BCUT2D eigenvalue weighted by atomic mass is 10.3. The average Bonchev–Trinajstić information content (AvgIpc) is 2.54. The maximum absolute atomic E-state index is 13.7. The van der Waals surface area contributed by atoms with E-state index in [4.69, 9.17) is 16.3 Å². The summed E-state index contributed by atoms with van der Waals surface area (Å²) in [5.41, 5.74) is 0. The second kappa shape index (κ2) is 7.42. The third-order valence-corrected chi connectivity index (χ3v) is 5.30. The molecule has 0 fully saturated rings. The summed E-state index contributed by atoms with van der Waals surface area (Å²) in [6.07, 6.45) is 0. The molecule has 24 heavy (non-hydrogen) atoms. The Balaban J connectivity index is 2.06. The van der Waals surface area contributed by atoms with Gasteiger partial charge in [0, 0.05) is 18.6 Å². The summed E-state index contributed by atoms with van der Waals surface area (Å²) < 4.78 is 70.4. The number of halogens is 4. The molecule has 0 atom stereocenters. The molecule has 2 aromatic rings. The van der Waals surface area contributed by atoms with Crippen molar-refractivity contribution >= 4 is 21.6 Å². The van der Waals surface area contributed by atoms with Crippen LogP contribution >= 0.6 is 11.6 Å². The lowest BCUT2D eigenvalue weighted by molar-refractivity contribution is 0.286. The van der Waals surface area contributed by atoms with Crippen LogP contribution in [0.15, 0.2) is 41.3 Å². The maximum Gasteiger partial charge on any atom is 0.245 e. The predicted octanol–water partition coefficient (Wildman–Crippen LogP) is 3.46. The van der Waals surface area contributed by atoms with Crippen molar-refractivity contribution in [1.29, 1.82) is 0 Å². The first-order valence-corrected chi connectivity index (χ1v) is 8.53. The second-order valence-electron chi connectivity index (χ2n) is 4.80. The first kappa shape index (κ1) is 18.6. The molecule has 0 spiro atoms. The molecule has 0 N–H and O–H groups in total. The molecule has 0 saturated carbocycles. The van der Waals surface area contributed by atoms with Crippen LogP contribution in [0.3, 0.4) is 0 Å². The molecule has 2 aromatic carbocycles. The summed E-state index contributed by atoms with van der Waals surface area (Å²) in [4.78, 5) is -0.935. The summed E-state index contributed by atoms with van der Waals surface area (Å²) >= 11 is 5.73. The van der Waals surface area contributed by atoms with E-state index < -0.39 is 32.4 Å². The van der Waals surface area contributed by atoms with Crippen LogP contribution in [-0.2, 0) is 10.0 Å². The molecule has 0 radical (unpaired) electrons. The summed E-state index contributed by atoms with van der Waals surface area (Å²) in [7, 11) is -3.14. The third kappa shape index (κ3) is 4.00. The van der Waals surface area contributed by atoms with Gasteiger partial charge in [0.2, 0.25) is 10.0 Å². The van der Waals surface area contributed by atoms with E-state index in [2.05, 4.69) is 0 Å². The molecule has 0 unspecified atom stereocenters. The molecule has 2 rings (SSSR count). The number of benzene rings is 2. The topological polar surface area (TPSA) is 46.6 Å². The maximum atomic E-state index is 13.7. The SMILES string of the molecule is CN(CCOc1ccc(Cl)cc1)S(=O)(=O)c1ccc(F)c(F)c1F. The van der Waals surface area contributed by atoms with Gasteiger partial charge >= 0.3 is 0 Å². The monoisotopic (exact) mass is 379 g/mol. The molecule has 9 heteroatoms. The van der Waals surface area contributed by atoms with E-state index in [0.29, 0.717) is 22.9 Å². The van der Waals surface area contributed by atoms with Gasteiger partial charge in [-0.2, -0.15) is 4.31 Å². The quantitative estimate of drug-likeness (QED) is 0.722. The predicted molar refractivity (Wildman–Crippen MR) is 83.1 cm³/mol. The fraction of sp³-hybridized carbons (Fsp3) is 0.200. The third-order valence-electron chi connectivity index (χ3n) is 3.18. The zero-order valence-corrected chi connectivity index (χ0v) is 14.0. The van der Waals surface area contributed by atoms with Gasteiger partial charge in [-0.3, -0.25) is 0 Å². The van der Waals surface area contributed by atoms with Crippen LogP contribution in [0.4, 0.5) is 13.2 Å². The fourth-order valence-electron chi connectivity index (χ4n) is 1.82. The van der Waals surface area contributed by atoms with Crippen molar-refractivity contribution < 1.29 is 26.3 Å². The smallest absolute Gasteiger partial charge is 0.245 e. The highest BCUT2D eigenvalue weighted by molar-refractivity contribution is 7.89. The van der Waals surface area contributed by atoms with E-state index in [9.17, 15) is 21.6 Å². The van der Waals surface area contributed by atoms with Gasteiger partial charge in [0.25, 0.3) is 0 Å². The Bertz CT molecular complexity index is 829. The number of hydrogen-bond acceptors (Lipinski definition) is 3. The van der Waals surface area contributed by atoms with Crippen LogP contribution in [0.2, 0.25) is 5.02 Å². The number of likely N-dealkylation sites (N-methyl/N-ethyl adjacent to an activating group) is 1. The van der Waals surface area contributed by atoms with Crippen LogP contribution in [-0.4, -0.2) is 32.9 Å². The molecule has 0 bridgehead atoms. The first-order chi connectivity index (χ1) is 11.2. The molecule has 0 heterocycles. The van der Waals surface area contributed by atoms with Crippen molar-refractivity contribution in [2.45, 2.75) is 4.90 Å². The van der Waals surface area contributed by atoms with Crippen LogP contribution in [0.5, 0.6) is 5.75 Å². The van der Waals surface area contributed by atoms with Crippen molar-refractivity contribution in [3.05, 3.63) is 58.9 Å². The summed E-state index contributed by atoms with van der Waals surface area (Å²) in [5, 5.41) is 0.524. The highest BCUT2D eigenvalue weighted by Gasteiger charge is 2.27. The highest BCUT2D eigenvalue weighted by Crippen LogP contribution is 2.22. The van der Waals surface area contributed by atoms with Gasteiger partial charge in [-0.15, -0.1) is 0 Å². The number of nitrogens with zero attached hydrogens (tertiary/aromatic N) is 1. The van der Waals surface area contributed by atoms with Gasteiger partial charge < -0.3 is 4.74 Å². The molecule has 0 aliphatic rings. The Morgan fingerprint density at radius 3 is 2.29 bits per heavy atom. The Labute approximate surface area is 142 Å². The second-order valence-corrected chi connectivity index (χ2v) is 7.25. The minimum atomic E-state index is -4.32. The summed E-state index contributed by atoms with van der Waals surface area (Å²) in [6, 6.07) is 7.66. The average molecular weight is 380 g/mol. The normalized spacial score (nSPS) is 11.8. The molecular weight excluding hydrogens is 367 g/mol. The summed E-state index contributed by atoms with van der Waals surface area (Å²) in [6.45, 7) is -0.147. The number of hydrogen-bond donors (Lipinski definition) is 0. The van der Waals surface area contributed by atoms with Gasteiger partial charge in [-0.05, 0) is 36.4 Å². The molecule has 0 aromatic heterocycles. The molecule has 0 amide bonds. The van der Waals surface area contributed by atoms with E-state index >= 15 is 0 Å². The zero-order valence-electron chi connectivity index (χ0n) is 12.5. The van der Waals surface area contributed by atoms with Crippen molar-refractivity contribution in [2.24, 2.45) is 0 Å². The van der Waals surface area contributed by atoms with Gasteiger partial charge in [-0.25, -0.2) is 21.6 Å². The van der Waals surface area contributed by atoms with E-state index in [1.165, 1.54) is 7.05 Å². The molecule has 0 aliphatic carbocycles. The van der Waals surface area contributed by atoms with Gasteiger partial charge in [-0.1, -0.05) is 11.6 Å². The van der Waals surface area contributed by atoms with Crippen molar-refractivity contribution in [2.75, 3.05) is 20.2 Å². The minimum absolute atomic E-state index is 0.0251.